The Morgan fingerprint density at radius 2 is 1.66 bits per heavy atom. The van der Waals surface area contributed by atoms with Crippen LogP contribution in [-0.2, 0) is 15.0 Å². The van der Waals surface area contributed by atoms with Gasteiger partial charge in [0, 0.05) is 40.8 Å². The summed E-state index contributed by atoms with van der Waals surface area (Å²) in [5, 5.41) is 19.6. The molecule has 2 amide bonds. The highest BCUT2D eigenvalue weighted by molar-refractivity contribution is 6.31. The van der Waals surface area contributed by atoms with Crippen LogP contribution in [0.2, 0.25) is 10.0 Å². The predicted octanol–water partition coefficient (Wildman–Crippen LogP) is 7.19. The van der Waals surface area contributed by atoms with Crippen LogP contribution in [-0.4, -0.2) is 23.9 Å². The molecule has 0 aromatic heterocycles. The number of amides is 2. The average Bonchev–Trinajstić information content (AvgIpc) is 3.19. The van der Waals surface area contributed by atoms with Gasteiger partial charge in [0.2, 0.25) is 11.8 Å². The molecular weight excluding hydrogens is 569 g/mol. The number of carbonyl (C=O) groups excluding carboxylic acids is 2. The maximum absolute atomic E-state index is 15.7. The van der Waals surface area contributed by atoms with Crippen LogP contribution in [0.25, 0.3) is 0 Å². The molecule has 3 N–H and O–H groups in total. The number of nitriles is 1. The minimum absolute atomic E-state index is 0.00508. The third-order valence-corrected chi connectivity index (χ3v) is 7.73. The second-order valence-corrected chi connectivity index (χ2v) is 12.3. The SMILES string of the molecule is CC(=O)Nc1ccc(NC(=O)[C@H]2N[C@H](CC(C)(C)C)[C@@](C#N)(c3ccc(Cl)cc3F)[C@@H]2c2cccc(Cl)c2F)cc1. The molecule has 1 heterocycles. The minimum atomic E-state index is -1.72. The molecule has 41 heavy (non-hydrogen) atoms. The van der Waals surface area contributed by atoms with Crippen molar-refractivity contribution in [1.82, 2.24) is 5.32 Å². The van der Waals surface area contributed by atoms with Crippen LogP contribution >= 0.6 is 23.2 Å². The van der Waals surface area contributed by atoms with E-state index in [4.69, 9.17) is 23.2 Å². The Morgan fingerprint density at radius 1 is 1.02 bits per heavy atom. The quantitative estimate of drug-likeness (QED) is 0.280. The molecule has 3 aromatic rings. The molecule has 10 heteroatoms. The molecule has 1 aliphatic rings. The van der Waals surface area contributed by atoms with Gasteiger partial charge < -0.3 is 16.0 Å². The molecule has 1 fully saturated rings. The zero-order valence-electron chi connectivity index (χ0n) is 23.0. The van der Waals surface area contributed by atoms with E-state index in [9.17, 15) is 14.9 Å². The van der Waals surface area contributed by atoms with Crippen molar-refractivity contribution in [3.8, 4) is 6.07 Å². The van der Waals surface area contributed by atoms with Gasteiger partial charge in [0.05, 0.1) is 17.1 Å². The third-order valence-electron chi connectivity index (χ3n) is 7.20. The van der Waals surface area contributed by atoms with E-state index >= 15 is 8.78 Å². The zero-order valence-corrected chi connectivity index (χ0v) is 24.5. The number of halogens is 4. The van der Waals surface area contributed by atoms with E-state index in [1.165, 1.54) is 37.3 Å². The first-order valence-corrected chi connectivity index (χ1v) is 13.8. The van der Waals surface area contributed by atoms with Crippen molar-refractivity contribution in [2.24, 2.45) is 5.41 Å². The molecule has 0 aliphatic carbocycles. The van der Waals surface area contributed by atoms with Crippen molar-refractivity contribution in [3.05, 3.63) is 93.5 Å². The number of hydrogen-bond acceptors (Lipinski definition) is 4. The van der Waals surface area contributed by atoms with Gasteiger partial charge >= 0.3 is 0 Å². The second kappa shape index (κ2) is 11.8. The van der Waals surface area contributed by atoms with Gasteiger partial charge in [-0.1, -0.05) is 62.2 Å². The van der Waals surface area contributed by atoms with E-state index in [-0.39, 0.29) is 32.5 Å². The number of nitrogens with one attached hydrogen (secondary N) is 3. The monoisotopic (exact) mass is 598 g/mol. The lowest BCUT2D eigenvalue weighted by Crippen LogP contribution is -2.45. The standard InChI is InChI=1S/C31H30Cl2F2N4O2/c1-17(40)37-19-9-11-20(12-10-19)38-29(41)28-26(21-6-5-7-23(33)27(21)35)31(16-36,25(39-28)15-30(2,3)4)22-13-8-18(32)14-24(22)34/h5-14,25-26,28,39H,15H2,1-4H3,(H,37,40)(H,38,41)/t25-,26-,28+,31-/m1/s1. The lowest BCUT2D eigenvalue weighted by Gasteiger charge is -2.37. The fourth-order valence-electron chi connectivity index (χ4n) is 5.62. The van der Waals surface area contributed by atoms with Crippen LogP contribution in [0.4, 0.5) is 20.2 Å². The van der Waals surface area contributed by atoms with Gasteiger partial charge in [0.1, 0.15) is 17.0 Å². The highest BCUT2D eigenvalue weighted by Gasteiger charge is 2.61. The van der Waals surface area contributed by atoms with Crippen molar-refractivity contribution >= 4 is 46.4 Å². The topological polar surface area (TPSA) is 94.0 Å². The van der Waals surface area contributed by atoms with Gasteiger partial charge in [-0.2, -0.15) is 5.26 Å². The summed E-state index contributed by atoms with van der Waals surface area (Å²) < 4.78 is 31.4. The molecular formula is C31H30Cl2F2N4O2. The van der Waals surface area contributed by atoms with Crippen molar-refractivity contribution in [3.63, 3.8) is 0 Å². The summed E-state index contributed by atoms with van der Waals surface area (Å²) in [5.41, 5.74) is -1.10. The van der Waals surface area contributed by atoms with Crippen molar-refractivity contribution in [1.29, 1.82) is 5.26 Å². The highest BCUT2D eigenvalue weighted by Crippen LogP contribution is 2.52. The molecule has 0 radical (unpaired) electrons. The minimum Gasteiger partial charge on any atom is -0.326 e. The molecule has 6 nitrogen and oxygen atoms in total. The molecule has 0 unspecified atom stereocenters. The van der Waals surface area contributed by atoms with Crippen molar-refractivity contribution < 1.29 is 18.4 Å². The van der Waals surface area contributed by atoms with Crippen LogP contribution in [0.15, 0.2) is 60.7 Å². The Hall–Kier alpha value is -3.51. The fourth-order valence-corrected chi connectivity index (χ4v) is 5.96. The molecule has 4 rings (SSSR count). The van der Waals surface area contributed by atoms with E-state index in [1.807, 2.05) is 20.8 Å². The van der Waals surface area contributed by atoms with Crippen LogP contribution in [0, 0.1) is 28.4 Å². The van der Waals surface area contributed by atoms with Crippen LogP contribution in [0.1, 0.15) is 51.2 Å². The smallest absolute Gasteiger partial charge is 0.242 e. The van der Waals surface area contributed by atoms with E-state index in [0.29, 0.717) is 17.8 Å². The molecule has 4 atom stereocenters. The van der Waals surface area contributed by atoms with Gasteiger partial charge in [-0.25, -0.2) is 8.78 Å². The maximum Gasteiger partial charge on any atom is 0.242 e. The zero-order chi connectivity index (χ0) is 30.1. The summed E-state index contributed by atoms with van der Waals surface area (Å²) >= 11 is 12.2. The molecule has 0 saturated carbocycles. The van der Waals surface area contributed by atoms with Gasteiger partial charge in [0.25, 0.3) is 0 Å². The Kier molecular flexibility index (Phi) is 8.74. The fraction of sp³-hybridized carbons (Fsp3) is 0.323. The summed E-state index contributed by atoms with van der Waals surface area (Å²) in [6.45, 7) is 7.28. The first kappa shape index (κ1) is 30.4. The summed E-state index contributed by atoms with van der Waals surface area (Å²) in [4.78, 5) is 25.3. The Bertz CT molecular complexity index is 1520. The third kappa shape index (κ3) is 6.23. The Morgan fingerprint density at radius 3 is 2.22 bits per heavy atom. The number of anilines is 2. The average molecular weight is 600 g/mol. The van der Waals surface area contributed by atoms with Gasteiger partial charge in [-0.15, -0.1) is 0 Å². The Labute approximate surface area is 248 Å². The van der Waals surface area contributed by atoms with Crippen molar-refractivity contribution in [2.75, 3.05) is 10.6 Å². The van der Waals surface area contributed by atoms with E-state index in [1.54, 1.807) is 24.3 Å². The van der Waals surface area contributed by atoms with E-state index < -0.39 is 41.0 Å². The number of hydrogen-bond donors (Lipinski definition) is 3. The first-order chi connectivity index (χ1) is 19.3. The Balaban J connectivity index is 1.89. The normalized spacial score (nSPS) is 22.2. The first-order valence-electron chi connectivity index (χ1n) is 13.0. The second-order valence-electron chi connectivity index (χ2n) is 11.4. The van der Waals surface area contributed by atoms with Gasteiger partial charge in [-0.05, 0) is 59.9 Å². The highest BCUT2D eigenvalue weighted by atomic mass is 35.5. The van der Waals surface area contributed by atoms with Crippen LogP contribution in [0.5, 0.6) is 0 Å². The summed E-state index contributed by atoms with van der Waals surface area (Å²) in [7, 11) is 0. The van der Waals surface area contributed by atoms with Crippen molar-refractivity contribution in [2.45, 2.75) is 57.5 Å². The van der Waals surface area contributed by atoms with Gasteiger partial charge in [0.15, 0.2) is 0 Å². The van der Waals surface area contributed by atoms with E-state index in [2.05, 4.69) is 22.0 Å². The maximum atomic E-state index is 15.7. The predicted molar refractivity (Wildman–Crippen MR) is 157 cm³/mol. The number of nitrogens with zero attached hydrogens (tertiary/aromatic N) is 1. The van der Waals surface area contributed by atoms with Crippen LogP contribution < -0.4 is 16.0 Å². The number of carbonyl (C=O) groups is 2. The molecule has 214 valence electrons. The molecule has 1 saturated heterocycles. The van der Waals surface area contributed by atoms with Crippen LogP contribution in [0.3, 0.4) is 0 Å². The summed E-state index contributed by atoms with van der Waals surface area (Å²) in [5.74, 6) is -3.49. The summed E-state index contributed by atoms with van der Waals surface area (Å²) in [6, 6.07) is 15.3. The molecule has 0 bridgehead atoms. The summed E-state index contributed by atoms with van der Waals surface area (Å²) in [6.07, 6.45) is 0.358. The molecule has 0 spiro atoms. The number of rotatable bonds is 6. The molecule has 3 aromatic carbocycles. The number of benzene rings is 3. The molecule has 1 aliphatic heterocycles. The largest absolute Gasteiger partial charge is 0.326 e. The van der Waals surface area contributed by atoms with Gasteiger partial charge in [-0.3, -0.25) is 9.59 Å². The van der Waals surface area contributed by atoms with E-state index in [0.717, 1.165) is 6.07 Å². The lowest BCUT2D eigenvalue weighted by molar-refractivity contribution is -0.118. The lowest BCUT2D eigenvalue weighted by atomic mass is 9.62.